The lowest BCUT2D eigenvalue weighted by Crippen LogP contribution is -2.57. The van der Waals surface area contributed by atoms with Crippen molar-refractivity contribution in [1.29, 1.82) is 0 Å². The van der Waals surface area contributed by atoms with Gasteiger partial charge in [0, 0.05) is 18.7 Å². The standard InChI is InChI=1S/C25H27BrN6O3/c26-20-15-31(29-23(20)32(34)35)25-11-18-8-19(12-25)10-24(9-18,16-25)13-22(33)27-21-6-7-30(28-21)14-17-4-2-1-3-5-17/h1-7,15,18-19H,8-14,16H2,(H,27,28,33). The number of anilines is 1. The van der Waals surface area contributed by atoms with E-state index in [0.29, 0.717) is 35.1 Å². The van der Waals surface area contributed by atoms with Gasteiger partial charge in [0.1, 0.15) is 4.47 Å². The fourth-order valence-electron chi connectivity index (χ4n) is 7.40. The number of nitrogens with zero attached hydrogens (tertiary/aromatic N) is 5. The summed E-state index contributed by atoms with van der Waals surface area (Å²) in [7, 11) is 0. The number of rotatable bonds is 7. The van der Waals surface area contributed by atoms with Crippen molar-refractivity contribution in [3.8, 4) is 0 Å². The second-order valence-corrected chi connectivity index (χ2v) is 11.7. The SMILES string of the molecule is O=C(CC12CC3CC(C1)CC(n1cc(Br)c([N+](=O)[O-])n1)(C3)C2)Nc1ccn(Cc2ccccc2)n1. The summed E-state index contributed by atoms with van der Waals surface area (Å²) in [5, 5.41) is 23.3. The van der Waals surface area contributed by atoms with E-state index in [-0.39, 0.29) is 22.7 Å². The van der Waals surface area contributed by atoms with E-state index in [1.54, 1.807) is 6.20 Å². The summed E-state index contributed by atoms with van der Waals surface area (Å²) in [5.41, 5.74) is 0.796. The summed E-state index contributed by atoms with van der Waals surface area (Å²) >= 11 is 3.31. The second-order valence-electron chi connectivity index (χ2n) is 10.8. The summed E-state index contributed by atoms with van der Waals surface area (Å²) in [6.45, 7) is 0.651. The molecule has 1 aromatic carbocycles. The van der Waals surface area contributed by atoms with Crippen LogP contribution in [0.4, 0.5) is 11.6 Å². The van der Waals surface area contributed by atoms with Gasteiger partial charge in [-0.15, -0.1) is 0 Å². The molecule has 2 aromatic heterocycles. The lowest BCUT2D eigenvalue weighted by Gasteiger charge is -2.61. The summed E-state index contributed by atoms with van der Waals surface area (Å²) in [6, 6.07) is 11.9. The maximum Gasteiger partial charge on any atom is 0.404 e. The lowest BCUT2D eigenvalue weighted by molar-refractivity contribution is -0.390. The van der Waals surface area contributed by atoms with E-state index >= 15 is 0 Å². The minimum atomic E-state index is -0.443. The van der Waals surface area contributed by atoms with Gasteiger partial charge in [-0.05, 0) is 82.2 Å². The van der Waals surface area contributed by atoms with Crippen LogP contribution < -0.4 is 5.32 Å². The molecule has 2 atom stereocenters. The van der Waals surface area contributed by atoms with E-state index < -0.39 is 4.92 Å². The quantitative estimate of drug-likeness (QED) is 0.331. The third-order valence-corrected chi connectivity index (χ3v) is 8.65. The summed E-state index contributed by atoms with van der Waals surface area (Å²) < 4.78 is 4.08. The normalized spacial score (nSPS) is 28.8. The summed E-state index contributed by atoms with van der Waals surface area (Å²) in [5.74, 6) is 1.46. The Morgan fingerprint density at radius 1 is 1.14 bits per heavy atom. The number of nitro groups is 1. The Hall–Kier alpha value is -3.01. The summed E-state index contributed by atoms with van der Waals surface area (Å²) in [4.78, 5) is 24.1. The van der Waals surface area contributed by atoms with Crippen LogP contribution in [0, 0.1) is 27.4 Å². The zero-order valence-corrected chi connectivity index (χ0v) is 20.9. The highest BCUT2D eigenvalue weighted by molar-refractivity contribution is 9.10. The largest absolute Gasteiger partial charge is 0.404 e. The Morgan fingerprint density at radius 2 is 1.89 bits per heavy atom. The van der Waals surface area contributed by atoms with Crippen molar-refractivity contribution >= 4 is 33.5 Å². The number of carbonyl (C=O) groups is 1. The Balaban J connectivity index is 1.18. The predicted molar refractivity (Wildman–Crippen MR) is 133 cm³/mol. The third-order valence-electron chi connectivity index (χ3n) is 8.09. The molecule has 4 aliphatic carbocycles. The van der Waals surface area contributed by atoms with Gasteiger partial charge in [0.15, 0.2) is 5.82 Å². The third kappa shape index (κ3) is 4.17. The van der Waals surface area contributed by atoms with E-state index in [1.165, 1.54) is 6.42 Å². The molecule has 10 heteroatoms. The van der Waals surface area contributed by atoms with E-state index in [1.807, 2.05) is 39.8 Å². The van der Waals surface area contributed by atoms with Crippen molar-refractivity contribution < 1.29 is 9.72 Å². The van der Waals surface area contributed by atoms with Crippen molar-refractivity contribution in [3.05, 3.63) is 68.9 Å². The van der Waals surface area contributed by atoms with Crippen LogP contribution in [0.3, 0.4) is 0 Å². The van der Waals surface area contributed by atoms with E-state index in [2.05, 4.69) is 43.6 Å². The molecule has 35 heavy (non-hydrogen) atoms. The first-order valence-electron chi connectivity index (χ1n) is 12.1. The first-order valence-corrected chi connectivity index (χ1v) is 12.9. The van der Waals surface area contributed by atoms with Crippen LogP contribution >= 0.6 is 15.9 Å². The van der Waals surface area contributed by atoms with Crippen LogP contribution in [-0.4, -0.2) is 30.4 Å². The Bertz CT molecular complexity index is 1270. The molecule has 4 aliphatic rings. The molecule has 4 saturated carbocycles. The van der Waals surface area contributed by atoms with E-state index in [0.717, 1.165) is 37.7 Å². The van der Waals surface area contributed by atoms with Crippen molar-refractivity contribution in [2.24, 2.45) is 17.3 Å². The lowest BCUT2D eigenvalue weighted by atomic mass is 9.46. The Kier molecular flexibility index (Phi) is 5.32. The molecule has 4 bridgehead atoms. The monoisotopic (exact) mass is 538 g/mol. The first-order chi connectivity index (χ1) is 16.8. The number of hydrogen-bond donors (Lipinski definition) is 1. The number of hydrogen-bond acceptors (Lipinski definition) is 5. The highest BCUT2D eigenvalue weighted by Crippen LogP contribution is 2.65. The molecule has 4 fully saturated rings. The molecule has 2 heterocycles. The molecule has 0 aliphatic heterocycles. The molecule has 2 unspecified atom stereocenters. The maximum absolute atomic E-state index is 13.2. The fourth-order valence-corrected chi connectivity index (χ4v) is 7.82. The summed E-state index contributed by atoms with van der Waals surface area (Å²) in [6.07, 6.45) is 10.1. The van der Waals surface area contributed by atoms with Crippen molar-refractivity contribution in [2.75, 3.05) is 5.32 Å². The molecular formula is C25H27BrN6O3. The fraction of sp³-hybridized carbons (Fsp3) is 0.480. The van der Waals surface area contributed by atoms with Gasteiger partial charge in [-0.1, -0.05) is 30.3 Å². The number of halogens is 1. The molecule has 182 valence electrons. The van der Waals surface area contributed by atoms with Crippen LogP contribution in [-0.2, 0) is 16.9 Å². The highest BCUT2D eigenvalue weighted by atomic mass is 79.9. The van der Waals surface area contributed by atoms with E-state index in [9.17, 15) is 14.9 Å². The van der Waals surface area contributed by atoms with Crippen LogP contribution in [0.1, 0.15) is 50.5 Å². The minimum absolute atomic E-state index is 0.0142. The van der Waals surface area contributed by atoms with Gasteiger partial charge in [-0.2, -0.15) is 9.78 Å². The van der Waals surface area contributed by atoms with Crippen molar-refractivity contribution in [3.63, 3.8) is 0 Å². The van der Waals surface area contributed by atoms with Gasteiger partial charge in [0.25, 0.3) is 0 Å². The highest BCUT2D eigenvalue weighted by Gasteiger charge is 2.60. The predicted octanol–water partition coefficient (Wildman–Crippen LogP) is 5.12. The number of nitrogens with one attached hydrogen (secondary N) is 1. The van der Waals surface area contributed by atoms with Gasteiger partial charge in [0.05, 0.1) is 23.4 Å². The number of carbonyl (C=O) groups excluding carboxylic acids is 1. The number of benzene rings is 1. The molecule has 0 radical (unpaired) electrons. The molecule has 0 saturated heterocycles. The molecule has 9 nitrogen and oxygen atoms in total. The van der Waals surface area contributed by atoms with Crippen molar-refractivity contribution in [1.82, 2.24) is 19.6 Å². The topological polar surface area (TPSA) is 108 Å². The molecule has 1 N–H and O–H groups in total. The van der Waals surface area contributed by atoms with Crippen LogP contribution in [0.25, 0.3) is 0 Å². The van der Waals surface area contributed by atoms with Crippen LogP contribution in [0.5, 0.6) is 0 Å². The maximum atomic E-state index is 13.2. The average Bonchev–Trinajstić information content (AvgIpc) is 3.39. The Labute approximate surface area is 211 Å². The van der Waals surface area contributed by atoms with Gasteiger partial charge >= 0.3 is 5.82 Å². The van der Waals surface area contributed by atoms with Gasteiger partial charge in [0.2, 0.25) is 5.91 Å². The Morgan fingerprint density at radius 3 is 2.57 bits per heavy atom. The number of aromatic nitrogens is 4. The zero-order valence-electron chi connectivity index (χ0n) is 19.3. The van der Waals surface area contributed by atoms with Gasteiger partial charge < -0.3 is 15.4 Å². The van der Waals surface area contributed by atoms with Crippen LogP contribution in [0.2, 0.25) is 0 Å². The number of amides is 1. The second kappa shape index (κ2) is 8.29. The molecule has 1 amide bonds. The smallest absolute Gasteiger partial charge is 0.358 e. The van der Waals surface area contributed by atoms with Crippen LogP contribution in [0.15, 0.2) is 53.3 Å². The molecular weight excluding hydrogens is 512 g/mol. The average molecular weight is 539 g/mol. The molecule has 7 rings (SSSR count). The van der Waals surface area contributed by atoms with Crippen molar-refractivity contribution in [2.45, 2.75) is 57.0 Å². The first kappa shape index (κ1) is 22.5. The van der Waals surface area contributed by atoms with Gasteiger partial charge in [-0.25, -0.2) is 0 Å². The van der Waals surface area contributed by atoms with E-state index in [4.69, 9.17) is 0 Å². The zero-order chi connectivity index (χ0) is 24.2. The molecule has 3 aromatic rings. The van der Waals surface area contributed by atoms with Gasteiger partial charge in [-0.3, -0.25) is 9.48 Å². The molecule has 0 spiro atoms. The minimum Gasteiger partial charge on any atom is -0.358 e.